The van der Waals surface area contributed by atoms with Crippen molar-refractivity contribution in [2.75, 3.05) is 38.8 Å². The van der Waals surface area contributed by atoms with Crippen LogP contribution in [0.5, 0.6) is 17.2 Å². The summed E-state index contributed by atoms with van der Waals surface area (Å²) in [5.74, 6) is 3.03. The van der Waals surface area contributed by atoms with Gasteiger partial charge in [-0.3, -0.25) is 4.90 Å². The second-order valence-electron chi connectivity index (χ2n) is 8.83. The fourth-order valence-corrected chi connectivity index (χ4v) is 4.33. The predicted molar refractivity (Wildman–Crippen MR) is 129 cm³/mol. The van der Waals surface area contributed by atoms with E-state index in [9.17, 15) is 4.79 Å². The zero-order chi connectivity index (χ0) is 23.2. The van der Waals surface area contributed by atoms with Crippen LogP contribution < -0.4 is 24.8 Å². The Morgan fingerprint density at radius 1 is 1.00 bits per heavy atom. The lowest BCUT2D eigenvalue weighted by molar-refractivity contribution is 0.191. The molecule has 0 aromatic heterocycles. The molecule has 0 spiro atoms. The SMILES string of the molecule is COc1cc(CN)ccc1CN1CCCN(c2ccc(OC)c(OCCCC3CC3)c2)C1=O. The highest BCUT2D eigenvalue weighted by Gasteiger charge is 2.28. The van der Waals surface area contributed by atoms with Gasteiger partial charge in [0.05, 0.1) is 27.4 Å². The smallest absolute Gasteiger partial charge is 0.324 e. The number of carbonyl (C=O) groups excluding carboxylic acids is 1. The normalized spacial score (nSPS) is 16.2. The first-order valence-corrected chi connectivity index (χ1v) is 11.9. The van der Waals surface area contributed by atoms with E-state index in [1.807, 2.05) is 46.2 Å². The Labute approximate surface area is 196 Å². The molecule has 2 fully saturated rings. The number of carbonyl (C=O) groups is 1. The molecule has 2 amide bonds. The van der Waals surface area contributed by atoms with Crippen molar-refractivity contribution in [3.63, 3.8) is 0 Å². The first-order chi connectivity index (χ1) is 16.1. The van der Waals surface area contributed by atoms with Gasteiger partial charge in [0.1, 0.15) is 5.75 Å². The van der Waals surface area contributed by atoms with Crippen LogP contribution in [-0.4, -0.2) is 44.8 Å². The van der Waals surface area contributed by atoms with E-state index >= 15 is 0 Å². The van der Waals surface area contributed by atoms with Crippen molar-refractivity contribution in [2.45, 2.75) is 45.2 Å². The Bertz CT molecular complexity index is 961. The predicted octanol–water partition coefficient (Wildman–Crippen LogP) is 4.56. The van der Waals surface area contributed by atoms with E-state index in [0.717, 1.165) is 41.3 Å². The van der Waals surface area contributed by atoms with Crippen LogP contribution >= 0.6 is 0 Å². The highest BCUT2D eigenvalue weighted by molar-refractivity contribution is 5.93. The molecule has 2 aromatic carbocycles. The Morgan fingerprint density at radius 2 is 1.82 bits per heavy atom. The van der Waals surface area contributed by atoms with Crippen molar-refractivity contribution in [2.24, 2.45) is 11.7 Å². The minimum atomic E-state index is -0.0175. The number of hydrogen-bond acceptors (Lipinski definition) is 5. The molecular weight excluding hydrogens is 418 g/mol. The molecule has 178 valence electrons. The summed E-state index contributed by atoms with van der Waals surface area (Å²) in [4.78, 5) is 17.1. The van der Waals surface area contributed by atoms with Crippen LogP contribution in [0.4, 0.5) is 10.5 Å². The maximum absolute atomic E-state index is 13.4. The summed E-state index contributed by atoms with van der Waals surface area (Å²) < 4.78 is 17.1. The minimum absolute atomic E-state index is 0.0175. The molecule has 1 aliphatic heterocycles. The number of anilines is 1. The molecule has 0 bridgehead atoms. The molecular formula is C26H35N3O4. The van der Waals surface area contributed by atoms with E-state index in [2.05, 4.69) is 0 Å². The van der Waals surface area contributed by atoms with Crippen LogP contribution in [0.1, 0.15) is 43.2 Å². The standard InChI is InChI=1S/C26H35N3O4/c1-31-23-11-10-22(16-25(23)33-14-3-5-19-6-7-19)29-13-4-12-28(26(29)30)18-21-9-8-20(17-27)15-24(21)32-2/h8-11,15-16,19H,3-7,12-14,17-18,27H2,1-2H3. The Morgan fingerprint density at radius 3 is 2.55 bits per heavy atom. The Kier molecular flexibility index (Phi) is 7.60. The van der Waals surface area contributed by atoms with Crippen molar-refractivity contribution in [1.82, 2.24) is 4.90 Å². The molecule has 0 radical (unpaired) electrons. The number of ether oxygens (including phenoxy) is 3. The second kappa shape index (κ2) is 10.8. The van der Waals surface area contributed by atoms with Gasteiger partial charge in [-0.1, -0.05) is 25.0 Å². The number of methoxy groups -OCH3 is 2. The average Bonchev–Trinajstić information content (AvgIpc) is 3.67. The summed E-state index contributed by atoms with van der Waals surface area (Å²) in [5.41, 5.74) is 8.56. The highest BCUT2D eigenvalue weighted by atomic mass is 16.5. The lowest BCUT2D eigenvalue weighted by atomic mass is 10.1. The molecule has 7 nitrogen and oxygen atoms in total. The third-order valence-corrected chi connectivity index (χ3v) is 6.43. The zero-order valence-electron chi connectivity index (χ0n) is 19.7. The van der Waals surface area contributed by atoms with Gasteiger partial charge in [0, 0.05) is 37.0 Å². The van der Waals surface area contributed by atoms with E-state index in [4.69, 9.17) is 19.9 Å². The van der Waals surface area contributed by atoms with E-state index in [1.165, 1.54) is 19.3 Å². The Balaban J connectivity index is 1.46. The van der Waals surface area contributed by atoms with Gasteiger partial charge in [-0.15, -0.1) is 0 Å². The van der Waals surface area contributed by atoms with Gasteiger partial charge in [0.15, 0.2) is 11.5 Å². The summed E-state index contributed by atoms with van der Waals surface area (Å²) in [6, 6.07) is 11.6. The molecule has 1 saturated heterocycles. The quantitative estimate of drug-likeness (QED) is 0.505. The topological polar surface area (TPSA) is 77.3 Å². The van der Waals surface area contributed by atoms with Crippen LogP contribution in [0.2, 0.25) is 0 Å². The summed E-state index contributed by atoms with van der Waals surface area (Å²) in [6.45, 7) is 2.98. The summed E-state index contributed by atoms with van der Waals surface area (Å²) >= 11 is 0. The minimum Gasteiger partial charge on any atom is -0.496 e. The van der Waals surface area contributed by atoms with Gasteiger partial charge in [0.2, 0.25) is 0 Å². The maximum atomic E-state index is 13.4. The zero-order valence-corrected chi connectivity index (χ0v) is 19.7. The van der Waals surface area contributed by atoms with Crippen molar-refractivity contribution in [3.05, 3.63) is 47.5 Å². The average molecular weight is 454 g/mol. The fourth-order valence-electron chi connectivity index (χ4n) is 4.33. The Hall–Kier alpha value is -2.93. The van der Waals surface area contributed by atoms with Crippen LogP contribution in [0, 0.1) is 5.92 Å². The second-order valence-corrected chi connectivity index (χ2v) is 8.83. The van der Waals surface area contributed by atoms with Gasteiger partial charge < -0.3 is 24.8 Å². The van der Waals surface area contributed by atoms with Crippen LogP contribution in [0.3, 0.4) is 0 Å². The fraction of sp³-hybridized carbons (Fsp3) is 0.500. The molecule has 7 heteroatoms. The van der Waals surface area contributed by atoms with Crippen LogP contribution in [-0.2, 0) is 13.1 Å². The van der Waals surface area contributed by atoms with E-state index in [1.54, 1.807) is 14.2 Å². The number of nitrogens with two attached hydrogens (primary N) is 1. The maximum Gasteiger partial charge on any atom is 0.324 e. The van der Waals surface area contributed by atoms with Crippen molar-refractivity contribution in [3.8, 4) is 17.2 Å². The lowest BCUT2D eigenvalue weighted by Gasteiger charge is -2.36. The molecule has 2 N–H and O–H groups in total. The molecule has 1 aliphatic carbocycles. The van der Waals surface area contributed by atoms with Crippen molar-refractivity contribution >= 4 is 11.7 Å². The first kappa shape index (κ1) is 23.2. The van der Waals surface area contributed by atoms with E-state index < -0.39 is 0 Å². The molecule has 0 atom stereocenters. The summed E-state index contributed by atoms with van der Waals surface area (Å²) in [7, 11) is 3.29. The molecule has 1 saturated carbocycles. The molecule has 1 heterocycles. The third-order valence-electron chi connectivity index (χ3n) is 6.43. The lowest BCUT2D eigenvalue weighted by Crippen LogP contribution is -2.49. The number of nitrogens with zero attached hydrogens (tertiary/aromatic N) is 2. The number of urea groups is 1. The van der Waals surface area contributed by atoms with Crippen LogP contribution in [0.15, 0.2) is 36.4 Å². The number of amides is 2. The molecule has 2 aromatic rings. The van der Waals surface area contributed by atoms with Gasteiger partial charge >= 0.3 is 6.03 Å². The number of benzene rings is 2. The molecule has 0 unspecified atom stereocenters. The van der Waals surface area contributed by atoms with Crippen molar-refractivity contribution < 1.29 is 19.0 Å². The molecule has 4 rings (SSSR count). The molecule has 33 heavy (non-hydrogen) atoms. The first-order valence-electron chi connectivity index (χ1n) is 11.9. The highest BCUT2D eigenvalue weighted by Crippen LogP contribution is 2.35. The van der Waals surface area contributed by atoms with E-state index in [-0.39, 0.29) is 6.03 Å². The molecule has 2 aliphatic rings. The monoisotopic (exact) mass is 453 g/mol. The largest absolute Gasteiger partial charge is 0.496 e. The number of rotatable bonds is 11. The van der Waals surface area contributed by atoms with Crippen LogP contribution in [0.25, 0.3) is 0 Å². The summed E-state index contributed by atoms with van der Waals surface area (Å²) in [6.07, 6.45) is 5.86. The van der Waals surface area contributed by atoms with Gasteiger partial charge in [0.25, 0.3) is 0 Å². The van der Waals surface area contributed by atoms with Gasteiger partial charge in [-0.2, -0.15) is 0 Å². The number of hydrogen-bond donors (Lipinski definition) is 1. The van der Waals surface area contributed by atoms with Gasteiger partial charge in [-0.05, 0) is 48.9 Å². The van der Waals surface area contributed by atoms with Crippen molar-refractivity contribution in [1.29, 1.82) is 0 Å². The van der Waals surface area contributed by atoms with E-state index in [0.29, 0.717) is 44.3 Å². The summed E-state index contributed by atoms with van der Waals surface area (Å²) in [5, 5.41) is 0. The third kappa shape index (κ3) is 5.71. The van der Waals surface area contributed by atoms with Gasteiger partial charge in [-0.25, -0.2) is 4.79 Å².